The van der Waals surface area contributed by atoms with Gasteiger partial charge in [-0.15, -0.1) is 0 Å². The van der Waals surface area contributed by atoms with Gasteiger partial charge in [0.1, 0.15) is 13.2 Å². The number of esters is 3. The van der Waals surface area contributed by atoms with Crippen LogP contribution in [0.4, 0.5) is 0 Å². The first-order chi connectivity index (χ1) is 33.0. The van der Waals surface area contributed by atoms with Crippen LogP contribution >= 0.6 is 0 Å². The summed E-state index contributed by atoms with van der Waals surface area (Å²) >= 11 is 0. The van der Waals surface area contributed by atoms with Gasteiger partial charge in [-0.25, -0.2) is 0 Å². The lowest BCUT2D eigenvalue weighted by Gasteiger charge is -2.18. The van der Waals surface area contributed by atoms with Gasteiger partial charge in [0.05, 0.1) is 0 Å². The maximum atomic E-state index is 12.6. The molecule has 0 aliphatic carbocycles. The third-order valence-electron chi connectivity index (χ3n) is 11.9. The highest BCUT2D eigenvalue weighted by Crippen LogP contribution is 2.15. The van der Waals surface area contributed by atoms with Gasteiger partial charge in [-0.3, -0.25) is 14.4 Å². The summed E-state index contributed by atoms with van der Waals surface area (Å²) < 4.78 is 16.6. The van der Waals surface area contributed by atoms with Crippen molar-refractivity contribution in [3.05, 3.63) is 85.1 Å². The molecule has 67 heavy (non-hydrogen) atoms. The zero-order valence-electron chi connectivity index (χ0n) is 43.9. The molecule has 6 heteroatoms. The smallest absolute Gasteiger partial charge is 0.306 e. The summed E-state index contributed by atoms with van der Waals surface area (Å²) in [5.41, 5.74) is 0. The Morgan fingerprint density at radius 1 is 0.313 bits per heavy atom. The molecule has 1 unspecified atom stereocenters. The molecule has 0 bridgehead atoms. The maximum absolute atomic E-state index is 12.6. The molecule has 0 aliphatic heterocycles. The highest BCUT2D eigenvalue weighted by molar-refractivity contribution is 5.71. The Balaban J connectivity index is 3.90. The van der Waals surface area contributed by atoms with E-state index in [1.165, 1.54) is 122 Å². The molecular weight excluding hydrogens is 829 g/mol. The fraction of sp³-hybridized carbons (Fsp3) is 0.721. The van der Waals surface area contributed by atoms with E-state index in [-0.39, 0.29) is 31.1 Å². The second kappa shape index (κ2) is 55.2. The standard InChI is InChI=1S/C61H104O6/c1-4-7-10-13-16-17-18-19-20-21-22-23-24-25-26-27-28-29-30-31-32-33-34-35-36-37-38-39-40-41-42-43-46-48-51-54-60(63)66-57-58(67-61(64)55-52-49-45-15-12-9-6-3)56-65-59(62)53-50-47-44-14-11-8-5-2/h7,10,16-17,19-20,22-23,25-26,28-29,31-32,58H,4-6,8-9,11-15,18,21,24,27,30,33-57H2,1-3H3/b10-7-,17-16-,20-19-,23-22-,26-25-,29-28-,32-31-. The van der Waals surface area contributed by atoms with Crippen LogP contribution in [0.2, 0.25) is 0 Å². The summed E-state index contributed by atoms with van der Waals surface area (Å²) in [6.07, 6.45) is 72.1. The predicted molar refractivity (Wildman–Crippen MR) is 288 cm³/mol. The van der Waals surface area contributed by atoms with Crippen LogP contribution in [-0.4, -0.2) is 37.2 Å². The Kier molecular flexibility index (Phi) is 52.4. The van der Waals surface area contributed by atoms with Crippen LogP contribution in [0, 0.1) is 0 Å². The zero-order chi connectivity index (χ0) is 48.6. The molecule has 0 fully saturated rings. The molecule has 0 aliphatic rings. The third kappa shape index (κ3) is 53.4. The van der Waals surface area contributed by atoms with Gasteiger partial charge in [0, 0.05) is 19.3 Å². The van der Waals surface area contributed by atoms with Crippen LogP contribution in [0.1, 0.15) is 265 Å². The lowest BCUT2D eigenvalue weighted by molar-refractivity contribution is -0.167. The van der Waals surface area contributed by atoms with Gasteiger partial charge in [0.15, 0.2) is 6.10 Å². The van der Waals surface area contributed by atoms with Crippen molar-refractivity contribution in [3.8, 4) is 0 Å². The van der Waals surface area contributed by atoms with E-state index in [1.54, 1.807) is 0 Å². The molecule has 0 N–H and O–H groups in total. The zero-order valence-corrected chi connectivity index (χ0v) is 43.9. The van der Waals surface area contributed by atoms with Crippen LogP contribution in [-0.2, 0) is 28.6 Å². The summed E-state index contributed by atoms with van der Waals surface area (Å²) in [6, 6.07) is 0. The van der Waals surface area contributed by atoms with E-state index in [2.05, 4.69) is 106 Å². The Morgan fingerprint density at radius 3 is 0.910 bits per heavy atom. The highest BCUT2D eigenvalue weighted by Gasteiger charge is 2.19. The van der Waals surface area contributed by atoms with Gasteiger partial charge in [0.25, 0.3) is 0 Å². The van der Waals surface area contributed by atoms with E-state index in [0.29, 0.717) is 19.3 Å². The largest absolute Gasteiger partial charge is 0.462 e. The van der Waals surface area contributed by atoms with Crippen molar-refractivity contribution in [1.82, 2.24) is 0 Å². The maximum Gasteiger partial charge on any atom is 0.306 e. The molecule has 6 nitrogen and oxygen atoms in total. The molecule has 0 saturated carbocycles. The van der Waals surface area contributed by atoms with Crippen LogP contribution in [0.3, 0.4) is 0 Å². The summed E-state index contributed by atoms with van der Waals surface area (Å²) in [7, 11) is 0. The fourth-order valence-corrected chi connectivity index (χ4v) is 7.72. The van der Waals surface area contributed by atoms with Crippen LogP contribution in [0.15, 0.2) is 85.1 Å². The van der Waals surface area contributed by atoms with E-state index in [1.807, 2.05) is 0 Å². The van der Waals surface area contributed by atoms with Gasteiger partial charge in [-0.1, -0.05) is 254 Å². The molecule has 0 heterocycles. The minimum absolute atomic E-state index is 0.0729. The Labute approximate surface area is 414 Å². The molecule has 0 radical (unpaired) electrons. The second-order valence-corrected chi connectivity index (χ2v) is 18.5. The Bertz CT molecular complexity index is 1300. The monoisotopic (exact) mass is 933 g/mol. The van der Waals surface area contributed by atoms with Crippen LogP contribution in [0.25, 0.3) is 0 Å². The molecule has 1 atom stereocenters. The molecule has 0 aromatic carbocycles. The SMILES string of the molecule is CC/C=C\C/C=C\C/C=C\C/C=C\C/C=C\C/C=C\C/C=C\CCCCCCCCCCCCCCCC(=O)OCC(COC(=O)CCCCCCCCC)OC(=O)CCCCCCCCC. The summed E-state index contributed by atoms with van der Waals surface area (Å²) in [5.74, 6) is -0.886. The third-order valence-corrected chi connectivity index (χ3v) is 11.9. The highest BCUT2D eigenvalue weighted by atomic mass is 16.6. The Morgan fingerprint density at radius 2 is 0.582 bits per heavy atom. The minimum Gasteiger partial charge on any atom is -0.462 e. The first-order valence-corrected chi connectivity index (χ1v) is 28.1. The van der Waals surface area contributed by atoms with Gasteiger partial charge in [-0.05, 0) is 77.0 Å². The second-order valence-electron chi connectivity index (χ2n) is 18.5. The molecule has 0 aromatic heterocycles. The van der Waals surface area contributed by atoms with Crippen molar-refractivity contribution in [1.29, 1.82) is 0 Å². The van der Waals surface area contributed by atoms with Crippen molar-refractivity contribution in [3.63, 3.8) is 0 Å². The number of rotatable bonds is 50. The van der Waals surface area contributed by atoms with Gasteiger partial charge >= 0.3 is 17.9 Å². The molecule has 0 spiro atoms. The van der Waals surface area contributed by atoms with Crippen molar-refractivity contribution < 1.29 is 28.6 Å². The number of carbonyl (C=O) groups excluding carboxylic acids is 3. The molecule has 0 amide bonds. The van der Waals surface area contributed by atoms with Crippen LogP contribution < -0.4 is 0 Å². The van der Waals surface area contributed by atoms with E-state index in [0.717, 1.165) is 103 Å². The number of allylic oxidation sites excluding steroid dienone is 14. The molecule has 0 saturated heterocycles. The lowest BCUT2D eigenvalue weighted by atomic mass is 10.0. The average Bonchev–Trinajstić information content (AvgIpc) is 3.33. The number of ether oxygens (including phenoxy) is 3. The fourth-order valence-electron chi connectivity index (χ4n) is 7.72. The summed E-state index contributed by atoms with van der Waals surface area (Å²) in [6.45, 7) is 6.44. The van der Waals surface area contributed by atoms with Gasteiger partial charge < -0.3 is 14.2 Å². The number of unbranched alkanes of at least 4 members (excludes halogenated alkanes) is 25. The topological polar surface area (TPSA) is 78.9 Å². The van der Waals surface area contributed by atoms with Crippen molar-refractivity contribution >= 4 is 17.9 Å². The van der Waals surface area contributed by atoms with Crippen molar-refractivity contribution in [2.45, 2.75) is 271 Å². The summed E-state index contributed by atoms with van der Waals surface area (Å²) in [4.78, 5) is 37.6. The van der Waals surface area contributed by atoms with E-state index < -0.39 is 6.10 Å². The number of carbonyl (C=O) groups is 3. The lowest BCUT2D eigenvalue weighted by Crippen LogP contribution is -2.30. The number of hydrogen-bond donors (Lipinski definition) is 0. The van der Waals surface area contributed by atoms with E-state index >= 15 is 0 Å². The predicted octanol–water partition coefficient (Wildman–Crippen LogP) is 18.8. The van der Waals surface area contributed by atoms with E-state index in [4.69, 9.17) is 14.2 Å². The van der Waals surface area contributed by atoms with Crippen LogP contribution in [0.5, 0.6) is 0 Å². The first-order valence-electron chi connectivity index (χ1n) is 28.1. The quantitative estimate of drug-likeness (QED) is 0.0262. The average molecular weight is 933 g/mol. The molecule has 0 aromatic rings. The normalized spacial score (nSPS) is 12.7. The molecule has 0 rings (SSSR count). The van der Waals surface area contributed by atoms with Gasteiger partial charge in [-0.2, -0.15) is 0 Å². The summed E-state index contributed by atoms with van der Waals surface area (Å²) in [5, 5.41) is 0. The Hall–Kier alpha value is -3.41. The molecular formula is C61H104O6. The first kappa shape index (κ1) is 63.6. The molecule has 384 valence electrons. The van der Waals surface area contributed by atoms with Crippen molar-refractivity contribution in [2.75, 3.05) is 13.2 Å². The van der Waals surface area contributed by atoms with Crippen molar-refractivity contribution in [2.24, 2.45) is 0 Å². The minimum atomic E-state index is -0.767. The van der Waals surface area contributed by atoms with E-state index in [9.17, 15) is 14.4 Å². The number of hydrogen-bond acceptors (Lipinski definition) is 6. The van der Waals surface area contributed by atoms with Gasteiger partial charge in [0.2, 0.25) is 0 Å².